The number of aromatic amines is 1. The van der Waals surface area contributed by atoms with E-state index in [0.29, 0.717) is 16.9 Å². The molecule has 1 aromatic heterocycles. The second kappa shape index (κ2) is 6.67. The summed E-state index contributed by atoms with van der Waals surface area (Å²) in [5, 5.41) is 0.456. The normalized spacial score (nSPS) is 21.9. The summed E-state index contributed by atoms with van der Waals surface area (Å²) in [7, 11) is 0. The van der Waals surface area contributed by atoms with E-state index in [1.165, 1.54) is 12.1 Å². The molecule has 0 radical (unpaired) electrons. The molecule has 0 aliphatic carbocycles. The zero-order valence-electron chi connectivity index (χ0n) is 15.3. The van der Waals surface area contributed by atoms with Crippen LogP contribution < -0.4 is 10.5 Å². The Bertz CT molecular complexity index is 1110. The topological polar surface area (TPSA) is 52.2 Å². The Kier molecular flexibility index (Phi) is 4.12. The molecule has 3 aromatic rings. The fourth-order valence-corrected chi connectivity index (χ4v) is 4.35. The van der Waals surface area contributed by atoms with Crippen molar-refractivity contribution in [2.75, 3.05) is 31.1 Å². The summed E-state index contributed by atoms with van der Waals surface area (Å²) in [5.74, 6) is -1.96. The van der Waals surface area contributed by atoms with E-state index in [2.05, 4.69) is 19.8 Å². The number of hydrogen-bond donors (Lipinski definition) is 1. The zero-order valence-corrected chi connectivity index (χ0v) is 15.3. The van der Waals surface area contributed by atoms with Crippen LogP contribution in [-0.4, -0.2) is 47.1 Å². The Morgan fingerprint density at radius 2 is 1.86 bits per heavy atom. The van der Waals surface area contributed by atoms with Crippen LogP contribution in [0.25, 0.3) is 22.3 Å². The van der Waals surface area contributed by atoms with Crippen molar-refractivity contribution in [1.29, 1.82) is 0 Å². The number of benzene rings is 2. The highest BCUT2D eigenvalue weighted by Crippen LogP contribution is 2.29. The molecule has 2 bridgehead atoms. The van der Waals surface area contributed by atoms with E-state index in [9.17, 15) is 13.6 Å². The van der Waals surface area contributed by atoms with Crippen molar-refractivity contribution in [2.24, 2.45) is 0 Å². The molecular formula is C21H20F2N4O. The maximum atomic E-state index is 14.1. The van der Waals surface area contributed by atoms with Crippen molar-refractivity contribution in [3.63, 3.8) is 0 Å². The lowest BCUT2D eigenvalue weighted by atomic mass is 10.0. The monoisotopic (exact) mass is 382 g/mol. The van der Waals surface area contributed by atoms with Crippen LogP contribution in [0.3, 0.4) is 0 Å². The number of halogens is 2. The smallest absolute Gasteiger partial charge is 0.259 e. The van der Waals surface area contributed by atoms with Crippen molar-refractivity contribution < 1.29 is 8.78 Å². The lowest BCUT2D eigenvalue weighted by Crippen LogP contribution is -2.37. The van der Waals surface area contributed by atoms with Gasteiger partial charge in [0.05, 0.1) is 16.5 Å². The van der Waals surface area contributed by atoms with Crippen LogP contribution in [-0.2, 0) is 0 Å². The number of rotatable bonds is 2. The maximum Gasteiger partial charge on any atom is 0.259 e. The van der Waals surface area contributed by atoms with Crippen molar-refractivity contribution in [1.82, 2.24) is 14.9 Å². The highest BCUT2D eigenvalue weighted by Gasteiger charge is 2.29. The molecular weight excluding hydrogens is 362 g/mol. The van der Waals surface area contributed by atoms with Crippen LogP contribution in [0.4, 0.5) is 14.5 Å². The van der Waals surface area contributed by atoms with E-state index in [1.807, 2.05) is 12.1 Å². The lowest BCUT2D eigenvalue weighted by molar-refractivity contribution is 0.250. The summed E-state index contributed by atoms with van der Waals surface area (Å²) < 4.78 is 27.6. The molecule has 1 N–H and O–H groups in total. The number of piperidine rings is 1. The molecule has 0 spiro atoms. The highest BCUT2D eigenvalue weighted by atomic mass is 19.2. The van der Waals surface area contributed by atoms with Crippen LogP contribution in [0.5, 0.6) is 0 Å². The Balaban J connectivity index is 1.57. The maximum absolute atomic E-state index is 14.1. The molecule has 5 nitrogen and oxygen atoms in total. The molecule has 3 saturated heterocycles. The van der Waals surface area contributed by atoms with E-state index in [4.69, 9.17) is 0 Å². The molecule has 28 heavy (non-hydrogen) atoms. The van der Waals surface area contributed by atoms with Crippen LogP contribution in [0.1, 0.15) is 12.8 Å². The highest BCUT2D eigenvalue weighted by molar-refractivity contribution is 5.83. The first-order valence-electron chi connectivity index (χ1n) is 9.57. The molecule has 6 rings (SSSR count). The Labute approximate surface area is 160 Å². The molecule has 3 aliphatic rings. The van der Waals surface area contributed by atoms with Gasteiger partial charge >= 0.3 is 0 Å². The third-order valence-corrected chi connectivity index (χ3v) is 5.88. The molecule has 0 unspecified atom stereocenters. The number of fused-ring (bicyclic) bond motifs is 5. The lowest BCUT2D eigenvalue weighted by Gasteiger charge is -2.33. The Hall–Kier alpha value is -2.80. The number of nitrogens with one attached hydrogen (secondary N) is 1. The second-order valence-electron chi connectivity index (χ2n) is 7.48. The van der Waals surface area contributed by atoms with Gasteiger partial charge in [-0.1, -0.05) is 6.07 Å². The van der Waals surface area contributed by atoms with Gasteiger partial charge in [-0.15, -0.1) is 0 Å². The number of H-pyrrole nitrogens is 1. The minimum atomic E-state index is -1.02. The van der Waals surface area contributed by atoms with Gasteiger partial charge in [-0.3, -0.25) is 4.79 Å². The molecule has 3 aliphatic heterocycles. The summed E-state index contributed by atoms with van der Waals surface area (Å²) in [6, 6.07) is 9.94. The van der Waals surface area contributed by atoms with E-state index >= 15 is 0 Å². The molecule has 2 aromatic carbocycles. The van der Waals surface area contributed by atoms with Crippen molar-refractivity contribution in [2.45, 2.75) is 18.9 Å². The average molecular weight is 382 g/mol. The molecule has 3 fully saturated rings. The standard InChI is InChI=1S/C21H20F2N4O/c22-17-3-1-2-15(19(17)23)20-24-18-5-4-14(12-16(18)21(28)25-20)27-11-10-26-8-6-13(27)7-9-26/h1-5,12-13H,6-11H2,(H,24,25,28). The minimum absolute atomic E-state index is 0.0310. The quantitative estimate of drug-likeness (QED) is 0.740. The van der Waals surface area contributed by atoms with Gasteiger partial charge in [0, 0.05) is 37.9 Å². The summed E-state index contributed by atoms with van der Waals surface area (Å²) in [6.07, 6.45) is 2.26. The van der Waals surface area contributed by atoms with Crippen molar-refractivity contribution in [3.05, 3.63) is 58.4 Å². The van der Waals surface area contributed by atoms with Crippen molar-refractivity contribution in [3.8, 4) is 11.4 Å². The van der Waals surface area contributed by atoms with Crippen LogP contribution >= 0.6 is 0 Å². The fraction of sp³-hybridized carbons (Fsp3) is 0.333. The molecule has 0 amide bonds. The van der Waals surface area contributed by atoms with Gasteiger partial charge < -0.3 is 14.8 Å². The minimum Gasteiger partial charge on any atom is -0.367 e. The molecule has 4 heterocycles. The van der Waals surface area contributed by atoms with Gasteiger partial charge in [0.2, 0.25) is 0 Å². The summed E-state index contributed by atoms with van der Waals surface area (Å²) in [5.41, 5.74) is 1.07. The first-order valence-corrected chi connectivity index (χ1v) is 9.57. The fourth-order valence-electron chi connectivity index (χ4n) is 4.35. The van der Waals surface area contributed by atoms with Gasteiger partial charge in [0.15, 0.2) is 11.6 Å². The largest absolute Gasteiger partial charge is 0.367 e. The zero-order chi connectivity index (χ0) is 19.3. The van der Waals surface area contributed by atoms with Crippen LogP contribution in [0.15, 0.2) is 41.2 Å². The van der Waals surface area contributed by atoms with E-state index in [0.717, 1.165) is 50.8 Å². The first kappa shape index (κ1) is 17.3. The molecule has 144 valence electrons. The third kappa shape index (κ3) is 2.86. The number of hydrogen-bond acceptors (Lipinski definition) is 4. The van der Waals surface area contributed by atoms with Gasteiger partial charge in [0.1, 0.15) is 5.82 Å². The van der Waals surface area contributed by atoms with E-state index < -0.39 is 11.6 Å². The number of aromatic nitrogens is 2. The number of nitrogens with zero attached hydrogens (tertiary/aromatic N) is 3. The Morgan fingerprint density at radius 1 is 1.04 bits per heavy atom. The summed E-state index contributed by atoms with van der Waals surface area (Å²) in [6.45, 7) is 4.22. The SMILES string of the molecule is O=c1[nH]c(-c2cccc(F)c2F)nc2ccc(N3CCN4CCC3CC4)cc12. The van der Waals surface area contributed by atoms with E-state index in [1.54, 1.807) is 6.07 Å². The van der Waals surface area contributed by atoms with Gasteiger partial charge in [-0.25, -0.2) is 13.8 Å². The van der Waals surface area contributed by atoms with E-state index in [-0.39, 0.29) is 16.9 Å². The van der Waals surface area contributed by atoms with Gasteiger partial charge in [0.25, 0.3) is 5.56 Å². The van der Waals surface area contributed by atoms with Crippen LogP contribution in [0.2, 0.25) is 0 Å². The van der Waals surface area contributed by atoms with Crippen LogP contribution in [0, 0.1) is 11.6 Å². The van der Waals surface area contributed by atoms with Gasteiger partial charge in [-0.2, -0.15) is 0 Å². The second-order valence-corrected chi connectivity index (χ2v) is 7.48. The number of anilines is 1. The summed E-state index contributed by atoms with van der Waals surface area (Å²) in [4.78, 5) is 24.5. The molecule has 0 atom stereocenters. The molecule has 7 heteroatoms. The third-order valence-electron chi connectivity index (χ3n) is 5.88. The predicted octanol–water partition coefficient (Wildman–Crippen LogP) is 3.15. The first-order chi connectivity index (χ1) is 13.6. The summed E-state index contributed by atoms with van der Waals surface area (Å²) >= 11 is 0. The molecule has 0 saturated carbocycles. The Morgan fingerprint density at radius 3 is 2.68 bits per heavy atom. The van der Waals surface area contributed by atoms with Crippen molar-refractivity contribution >= 4 is 16.6 Å². The van der Waals surface area contributed by atoms with Gasteiger partial charge in [-0.05, 0) is 43.2 Å². The predicted molar refractivity (Wildman–Crippen MR) is 105 cm³/mol. The average Bonchev–Trinajstić information content (AvgIpc) is 3.04.